The molecule has 1 heterocycles. The number of carbonyl (C=O) groups is 1. The number of aliphatic hydroxyl groups excluding tert-OH is 1. The number of fused-ring (bicyclic) bond motifs is 7. The molecule has 43 heavy (non-hydrogen) atoms. The minimum absolute atomic E-state index is 0.0121. The molecule has 10 unspecified atom stereocenters. The first-order valence-corrected chi connectivity index (χ1v) is 18.5. The van der Waals surface area contributed by atoms with Crippen molar-refractivity contribution >= 4 is 5.97 Å². The number of ether oxygens (including phenoxy) is 1. The van der Waals surface area contributed by atoms with Crippen LogP contribution in [-0.2, 0) is 9.53 Å². The number of allylic oxidation sites excluding steroid dienone is 1. The van der Waals surface area contributed by atoms with E-state index >= 15 is 0 Å². The molecule has 0 radical (unpaired) electrons. The first-order chi connectivity index (χ1) is 20.3. The third kappa shape index (κ3) is 4.83. The molecular formula is C39H65NO3. The van der Waals surface area contributed by atoms with Crippen molar-refractivity contribution in [3.63, 3.8) is 0 Å². The van der Waals surface area contributed by atoms with Gasteiger partial charge in [-0.1, -0.05) is 53.2 Å². The van der Waals surface area contributed by atoms with E-state index in [0.717, 1.165) is 57.9 Å². The van der Waals surface area contributed by atoms with Crippen LogP contribution in [-0.4, -0.2) is 48.3 Å². The largest absolute Gasteiger partial charge is 0.465 e. The average Bonchev–Trinajstić information content (AvgIpc) is 3.37. The first kappa shape index (κ1) is 32.1. The van der Waals surface area contributed by atoms with Crippen molar-refractivity contribution in [1.29, 1.82) is 0 Å². The van der Waals surface area contributed by atoms with Gasteiger partial charge in [-0.15, -0.1) is 0 Å². The fourth-order valence-electron chi connectivity index (χ4n) is 13.4. The Morgan fingerprint density at radius 3 is 2.30 bits per heavy atom. The van der Waals surface area contributed by atoms with Gasteiger partial charge in [-0.05, 0) is 168 Å². The van der Waals surface area contributed by atoms with Crippen molar-refractivity contribution in [3.05, 3.63) is 12.2 Å². The number of rotatable bonds is 7. The van der Waals surface area contributed by atoms with Crippen molar-refractivity contribution in [2.45, 2.75) is 144 Å². The van der Waals surface area contributed by atoms with Gasteiger partial charge in [0.15, 0.2) is 0 Å². The zero-order valence-corrected chi connectivity index (χ0v) is 28.8. The summed E-state index contributed by atoms with van der Waals surface area (Å²) in [5.74, 6) is 2.78. The zero-order chi connectivity index (χ0) is 30.8. The maximum absolute atomic E-state index is 14.2. The predicted octanol–water partition coefficient (Wildman–Crippen LogP) is 8.81. The normalized spacial score (nSPS) is 47.5. The number of aliphatic hydroxyl groups is 1. The van der Waals surface area contributed by atoms with Crippen LogP contribution in [0.3, 0.4) is 0 Å². The van der Waals surface area contributed by atoms with Gasteiger partial charge in [0.1, 0.15) is 0 Å². The topological polar surface area (TPSA) is 49.8 Å². The summed E-state index contributed by atoms with van der Waals surface area (Å²) in [4.78, 5) is 16.8. The molecule has 0 bridgehead atoms. The molecule has 0 amide bonds. The molecule has 10 atom stereocenters. The number of esters is 1. The molecule has 0 aromatic carbocycles. The van der Waals surface area contributed by atoms with Gasteiger partial charge in [-0.25, -0.2) is 0 Å². The second kappa shape index (κ2) is 11.4. The highest BCUT2D eigenvalue weighted by atomic mass is 16.5. The monoisotopic (exact) mass is 595 g/mol. The number of nitrogens with zero attached hydrogens (tertiary/aromatic N) is 1. The van der Waals surface area contributed by atoms with Gasteiger partial charge >= 0.3 is 5.97 Å². The van der Waals surface area contributed by atoms with E-state index in [9.17, 15) is 9.90 Å². The molecule has 6 fully saturated rings. The Labute approximate surface area is 264 Å². The van der Waals surface area contributed by atoms with Gasteiger partial charge in [0, 0.05) is 0 Å². The standard InChI is InChI=1S/C39H65NO3/c1-27(2)28-15-20-39(34(42)43-26-12-11-25-40-23-9-8-10-24-40)22-21-37(6)29(33(28)39)13-14-31-36(5)18-17-32(41)35(3,4)30(36)16-19-38(31,37)7/h28-33,41H,1,8-26H2,2-7H3. The van der Waals surface area contributed by atoms with Gasteiger partial charge in [-0.2, -0.15) is 0 Å². The molecule has 6 aliphatic rings. The van der Waals surface area contributed by atoms with E-state index in [-0.39, 0.29) is 39.1 Å². The Morgan fingerprint density at radius 2 is 1.58 bits per heavy atom. The second-order valence-electron chi connectivity index (χ2n) is 18.0. The van der Waals surface area contributed by atoms with Crippen LogP contribution in [0.25, 0.3) is 0 Å². The van der Waals surface area contributed by atoms with Crippen LogP contribution in [0.15, 0.2) is 12.2 Å². The lowest BCUT2D eigenvalue weighted by atomic mass is 9.32. The minimum Gasteiger partial charge on any atom is -0.465 e. The van der Waals surface area contributed by atoms with Gasteiger partial charge in [0.05, 0.1) is 18.1 Å². The lowest BCUT2D eigenvalue weighted by molar-refractivity contribution is -0.248. The Morgan fingerprint density at radius 1 is 0.837 bits per heavy atom. The quantitative estimate of drug-likeness (QED) is 0.182. The Kier molecular flexibility index (Phi) is 8.53. The van der Waals surface area contributed by atoms with Crippen LogP contribution in [0.1, 0.15) is 138 Å². The van der Waals surface area contributed by atoms with E-state index < -0.39 is 0 Å². The summed E-state index contributed by atoms with van der Waals surface area (Å²) >= 11 is 0. The molecule has 4 heteroatoms. The van der Waals surface area contributed by atoms with E-state index in [0.29, 0.717) is 36.2 Å². The molecule has 1 saturated heterocycles. The van der Waals surface area contributed by atoms with Crippen molar-refractivity contribution in [1.82, 2.24) is 4.90 Å². The van der Waals surface area contributed by atoms with Crippen molar-refractivity contribution < 1.29 is 14.6 Å². The number of hydrogen-bond donors (Lipinski definition) is 1. The number of piperidine rings is 1. The number of carbonyl (C=O) groups excluding carboxylic acids is 1. The molecule has 1 N–H and O–H groups in total. The second-order valence-corrected chi connectivity index (χ2v) is 18.0. The number of likely N-dealkylation sites (tertiary alicyclic amines) is 1. The highest BCUT2D eigenvalue weighted by Gasteiger charge is 2.72. The highest BCUT2D eigenvalue weighted by Crippen LogP contribution is 2.77. The summed E-state index contributed by atoms with van der Waals surface area (Å²) in [5, 5.41) is 11.1. The third-order valence-electron chi connectivity index (χ3n) is 16.0. The predicted molar refractivity (Wildman–Crippen MR) is 175 cm³/mol. The summed E-state index contributed by atoms with van der Waals surface area (Å²) in [6.45, 7) is 23.6. The van der Waals surface area contributed by atoms with Gasteiger partial charge in [0.2, 0.25) is 0 Å². The lowest BCUT2D eigenvalue weighted by Crippen LogP contribution is -2.67. The van der Waals surface area contributed by atoms with E-state index in [1.54, 1.807) is 0 Å². The Balaban J connectivity index is 1.21. The summed E-state index contributed by atoms with van der Waals surface area (Å²) in [5.41, 5.74) is 1.74. The van der Waals surface area contributed by atoms with Crippen LogP contribution in [0, 0.1) is 56.7 Å². The van der Waals surface area contributed by atoms with Gasteiger partial charge < -0.3 is 14.7 Å². The smallest absolute Gasteiger partial charge is 0.312 e. The van der Waals surface area contributed by atoms with Crippen LogP contribution < -0.4 is 0 Å². The van der Waals surface area contributed by atoms with Crippen LogP contribution in [0.4, 0.5) is 0 Å². The fourth-order valence-corrected chi connectivity index (χ4v) is 13.4. The fraction of sp³-hybridized carbons (Fsp3) is 0.923. The molecule has 5 aliphatic carbocycles. The highest BCUT2D eigenvalue weighted by molar-refractivity contribution is 5.78. The lowest BCUT2D eigenvalue weighted by Gasteiger charge is -2.72. The molecule has 1 aliphatic heterocycles. The third-order valence-corrected chi connectivity index (χ3v) is 16.0. The van der Waals surface area contributed by atoms with Gasteiger partial charge in [0.25, 0.3) is 0 Å². The molecule has 4 nitrogen and oxygen atoms in total. The number of hydrogen-bond acceptors (Lipinski definition) is 4. The maximum atomic E-state index is 14.2. The summed E-state index contributed by atoms with van der Waals surface area (Å²) in [6.07, 6.45) is 17.3. The minimum atomic E-state index is -0.318. The molecular weight excluding hydrogens is 530 g/mol. The zero-order valence-electron chi connectivity index (χ0n) is 28.8. The summed E-state index contributed by atoms with van der Waals surface area (Å²) in [6, 6.07) is 0. The molecule has 0 aromatic heterocycles. The average molecular weight is 596 g/mol. The SMILES string of the molecule is C=C(C)C1CCC2(C(=O)OCCCCN3CCCCC3)CCC3(C)C(CCC4C5(C)CCC(O)C(C)(C)C5CCC43C)C12. The van der Waals surface area contributed by atoms with Gasteiger partial charge in [-0.3, -0.25) is 4.79 Å². The molecule has 0 aromatic rings. The van der Waals surface area contributed by atoms with E-state index in [1.807, 2.05) is 0 Å². The molecule has 244 valence electrons. The van der Waals surface area contributed by atoms with E-state index in [1.165, 1.54) is 63.6 Å². The van der Waals surface area contributed by atoms with Crippen LogP contribution in [0.2, 0.25) is 0 Å². The van der Waals surface area contributed by atoms with Crippen LogP contribution >= 0.6 is 0 Å². The van der Waals surface area contributed by atoms with Crippen LogP contribution in [0.5, 0.6) is 0 Å². The summed E-state index contributed by atoms with van der Waals surface area (Å²) < 4.78 is 6.26. The van der Waals surface area contributed by atoms with E-state index in [4.69, 9.17) is 4.74 Å². The Bertz CT molecular complexity index is 1060. The summed E-state index contributed by atoms with van der Waals surface area (Å²) in [7, 11) is 0. The maximum Gasteiger partial charge on any atom is 0.312 e. The molecule has 5 saturated carbocycles. The first-order valence-electron chi connectivity index (χ1n) is 18.5. The Hall–Kier alpha value is -0.870. The van der Waals surface area contributed by atoms with Crippen molar-refractivity contribution in [3.8, 4) is 0 Å². The number of unbranched alkanes of at least 4 members (excludes halogenated alkanes) is 1. The molecule has 0 spiro atoms. The van der Waals surface area contributed by atoms with E-state index in [2.05, 4.69) is 53.0 Å². The molecule has 6 rings (SSSR count). The van der Waals surface area contributed by atoms with Crippen molar-refractivity contribution in [2.24, 2.45) is 56.7 Å². The van der Waals surface area contributed by atoms with Crippen molar-refractivity contribution in [2.75, 3.05) is 26.2 Å².